The van der Waals surface area contributed by atoms with Crippen molar-refractivity contribution in [1.82, 2.24) is 19.7 Å². The number of nitrogen functional groups attached to an aromatic ring is 1. The predicted molar refractivity (Wildman–Crippen MR) is 99.2 cm³/mol. The Hall–Kier alpha value is -3.41. The molecule has 0 spiro atoms. The number of hydrogen-bond acceptors (Lipinski definition) is 4. The minimum absolute atomic E-state index is 0.195. The van der Waals surface area contributed by atoms with Gasteiger partial charge in [0.15, 0.2) is 0 Å². The minimum atomic E-state index is -0.195. The minimum Gasteiger partial charge on any atom is -0.383 e. The molecule has 0 aliphatic carbocycles. The smallest absolute Gasteiger partial charge is 0.259 e. The van der Waals surface area contributed by atoms with E-state index in [-0.39, 0.29) is 5.56 Å². The molecule has 4 rings (SSSR count). The van der Waals surface area contributed by atoms with Gasteiger partial charge in [0.25, 0.3) is 5.56 Å². The molecule has 4 aromatic rings. The molecule has 0 atom stereocenters. The third-order valence-electron chi connectivity index (χ3n) is 4.34. The molecule has 2 heterocycles. The molecular weight excluding hydrogens is 314 g/mol. The Balaban J connectivity index is 2.04. The molecular formula is C19H17N5O. The molecule has 25 heavy (non-hydrogen) atoms. The van der Waals surface area contributed by atoms with E-state index < -0.39 is 0 Å². The number of rotatable bonds is 2. The number of hydrogen-bond donors (Lipinski definition) is 2. The van der Waals surface area contributed by atoms with Gasteiger partial charge in [-0.3, -0.25) is 9.48 Å². The van der Waals surface area contributed by atoms with Crippen molar-refractivity contribution in [3.8, 4) is 22.6 Å². The second-order valence-corrected chi connectivity index (χ2v) is 5.98. The molecule has 0 saturated heterocycles. The summed E-state index contributed by atoms with van der Waals surface area (Å²) in [6.45, 7) is 2.01. The number of nitrogens with zero attached hydrogens (tertiary/aromatic N) is 3. The van der Waals surface area contributed by atoms with Crippen LogP contribution in [0.15, 0.2) is 53.3 Å². The molecule has 3 N–H and O–H groups in total. The van der Waals surface area contributed by atoms with Gasteiger partial charge in [-0.05, 0) is 24.6 Å². The van der Waals surface area contributed by atoms with Crippen LogP contribution in [0.25, 0.3) is 33.5 Å². The van der Waals surface area contributed by atoms with Gasteiger partial charge >= 0.3 is 0 Å². The topological polar surface area (TPSA) is 89.6 Å². The van der Waals surface area contributed by atoms with E-state index in [0.717, 1.165) is 11.1 Å². The van der Waals surface area contributed by atoms with Crippen molar-refractivity contribution in [1.29, 1.82) is 0 Å². The van der Waals surface area contributed by atoms with Crippen LogP contribution in [-0.2, 0) is 7.05 Å². The molecule has 2 aromatic carbocycles. The molecule has 0 aliphatic heterocycles. The average molecular weight is 331 g/mol. The van der Waals surface area contributed by atoms with Crippen LogP contribution in [0.1, 0.15) is 5.56 Å². The fourth-order valence-corrected chi connectivity index (χ4v) is 3.00. The molecule has 0 fully saturated rings. The van der Waals surface area contributed by atoms with Crippen molar-refractivity contribution in [2.75, 3.05) is 5.73 Å². The standard InChI is InChI=1S/C19H17N5O/c1-11-7-3-4-8-12(11)16-15(17(20)24(2)23-16)18-21-14-10-6-5-9-13(14)19(25)22-18/h3-10H,20H2,1-2H3,(H,21,22,25). The van der Waals surface area contributed by atoms with Crippen LogP contribution < -0.4 is 11.3 Å². The lowest BCUT2D eigenvalue weighted by atomic mass is 10.0. The van der Waals surface area contributed by atoms with E-state index in [9.17, 15) is 4.79 Å². The lowest BCUT2D eigenvalue weighted by Crippen LogP contribution is -2.10. The number of H-pyrrole nitrogens is 1. The van der Waals surface area contributed by atoms with Gasteiger partial charge in [-0.2, -0.15) is 5.10 Å². The van der Waals surface area contributed by atoms with Gasteiger partial charge < -0.3 is 10.7 Å². The first-order valence-electron chi connectivity index (χ1n) is 7.94. The van der Waals surface area contributed by atoms with Gasteiger partial charge in [0.1, 0.15) is 17.3 Å². The Morgan fingerprint density at radius 2 is 1.80 bits per heavy atom. The highest BCUT2D eigenvalue weighted by molar-refractivity contribution is 5.88. The zero-order valence-corrected chi connectivity index (χ0v) is 13.9. The number of para-hydroxylation sites is 1. The maximum absolute atomic E-state index is 12.4. The fraction of sp³-hybridized carbons (Fsp3) is 0.105. The highest BCUT2D eigenvalue weighted by Gasteiger charge is 2.21. The van der Waals surface area contributed by atoms with Crippen LogP contribution >= 0.6 is 0 Å². The van der Waals surface area contributed by atoms with E-state index >= 15 is 0 Å². The number of aromatic nitrogens is 4. The molecule has 0 bridgehead atoms. The highest BCUT2D eigenvalue weighted by atomic mass is 16.1. The summed E-state index contributed by atoms with van der Waals surface area (Å²) >= 11 is 0. The maximum atomic E-state index is 12.4. The first-order chi connectivity index (χ1) is 12.1. The van der Waals surface area contributed by atoms with E-state index in [0.29, 0.717) is 33.8 Å². The van der Waals surface area contributed by atoms with Crippen molar-refractivity contribution in [3.05, 3.63) is 64.4 Å². The number of nitrogens with two attached hydrogens (primary N) is 1. The average Bonchev–Trinajstić information content (AvgIpc) is 2.90. The number of aryl methyl sites for hydroxylation is 2. The molecule has 6 heteroatoms. The van der Waals surface area contributed by atoms with Crippen molar-refractivity contribution in [2.24, 2.45) is 7.05 Å². The summed E-state index contributed by atoms with van der Waals surface area (Å²) in [6, 6.07) is 15.2. The maximum Gasteiger partial charge on any atom is 0.259 e. The largest absolute Gasteiger partial charge is 0.383 e. The van der Waals surface area contributed by atoms with Crippen molar-refractivity contribution >= 4 is 16.7 Å². The molecule has 0 radical (unpaired) electrons. The molecule has 0 aliphatic rings. The van der Waals surface area contributed by atoms with Crippen LogP contribution in [0.5, 0.6) is 0 Å². The number of fused-ring (bicyclic) bond motifs is 1. The summed E-state index contributed by atoms with van der Waals surface area (Å²) in [5.41, 5.74) is 10.1. The highest BCUT2D eigenvalue weighted by Crippen LogP contribution is 2.35. The fourth-order valence-electron chi connectivity index (χ4n) is 3.00. The van der Waals surface area contributed by atoms with Gasteiger partial charge in [-0.15, -0.1) is 0 Å². The zero-order valence-electron chi connectivity index (χ0n) is 13.9. The van der Waals surface area contributed by atoms with Gasteiger partial charge in [0.05, 0.1) is 16.5 Å². The van der Waals surface area contributed by atoms with Gasteiger partial charge in [-0.1, -0.05) is 36.4 Å². The van der Waals surface area contributed by atoms with Gasteiger partial charge in [0.2, 0.25) is 0 Å². The monoisotopic (exact) mass is 331 g/mol. The Morgan fingerprint density at radius 1 is 1.08 bits per heavy atom. The normalized spacial score (nSPS) is 11.1. The third kappa shape index (κ3) is 2.39. The summed E-state index contributed by atoms with van der Waals surface area (Å²) in [7, 11) is 1.78. The first kappa shape index (κ1) is 15.1. The van der Waals surface area contributed by atoms with Crippen LogP contribution in [-0.4, -0.2) is 19.7 Å². The number of nitrogens with one attached hydrogen (secondary N) is 1. The number of anilines is 1. The summed E-state index contributed by atoms with van der Waals surface area (Å²) in [4.78, 5) is 19.9. The van der Waals surface area contributed by atoms with Crippen LogP contribution in [0.3, 0.4) is 0 Å². The van der Waals surface area contributed by atoms with E-state index in [1.807, 2.05) is 49.4 Å². The molecule has 0 unspecified atom stereocenters. The first-order valence-corrected chi connectivity index (χ1v) is 7.94. The van der Waals surface area contributed by atoms with Crippen molar-refractivity contribution < 1.29 is 0 Å². The predicted octanol–water partition coefficient (Wildman–Crippen LogP) is 2.88. The lowest BCUT2D eigenvalue weighted by molar-refractivity contribution is 0.782. The Morgan fingerprint density at radius 3 is 2.60 bits per heavy atom. The summed E-state index contributed by atoms with van der Waals surface area (Å²) in [5.74, 6) is 0.879. The molecule has 0 saturated carbocycles. The second kappa shape index (κ2) is 5.59. The van der Waals surface area contributed by atoms with Crippen molar-refractivity contribution in [3.63, 3.8) is 0 Å². The Bertz CT molecular complexity index is 1160. The summed E-state index contributed by atoms with van der Waals surface area (Å²) in [6.07, 6.45) is 0. The van der Waals surface area contributed by atoms with E-state index in [4.69, 9.17) is 5.73 Å². The van der Waals surface area contributed by atoms with Gasteiger partial charge in [0, 0.05) is 12.6 Å². The Labute approximate surface area is 144 Å². The van der Waals surface area contributed by atoms with E-state index in [1.54, 1.807) is 17.8 Å². The van der Waals surface area contributed by atoms with Gasteiger partial charge in [-0.25, -0.2) is 4.98 Å². The molecule has 6 nitrogen and oxygen atoms in total. The summed E-state index contributed by atoms with van der Waals surface area (Å²) < 4.78 is 1.60. The third-order valence-corrected chi connectivity index (χ3v) is 4.34. The molecule has 0 amide bonds. The zero-order chi connectivity index (χ0) is 17.6. The SMILES string of the molecule is Cc1ccccc1-c1nn(C)c(N)c1-c1nc2ccccc2c(=O)[nH]1. The Kier molecular flexibility index (Phi) is 3.39. The van der Waals surface area contributed by atoms with E-state index in [1.165, 1.54) is 0 Å². The van der Waals surface area contributed by atoms with Crippen LogP contribution in [0, 0.1) is 6.92 Å². The molecule has 2 aromatic heterocycles. The van der Waals surface area contributed by atoms with Crippen molar-refractivity contribution in [2.45, 2.75) is 6.92 Å². The van der Waals surface area contributed by atoms with E-state index in [2.05, 4.69) is 15.1 Å². The number of benzene rings is 2. The quantitative estimate of drug-likeness (QED) is 0.591. The summed E-state index contributed by atoms with van der Waals surface area (Å²) in [5, 5.41) is 5.10. The lowest BCUT2D eigenvalue weighted by Gasteiger charge is -2.07. The van der Waals surface area contributed by atoms with Crippen LogP contribution in [0.4, 0.5) is 5.82 Å². The second-order valence-electron chi connectivity index (χ2n) is 5.98. The number of aromatic amines is 1. The van der Waals surface area contributed by atoms with Crippen LogP contribution in [0.2, 0.25) is 0 Å². The molecule has 124 valence electrons.